The van der Waals surface area contributed by atoms with E-state index in [1.165, 1.54) is 42.1 Å². The van der Waals surface area contributed by atoms with Crippen molar-refractivity contribution in [2.24, 2.45) is 0 Å². The lowest BCUT2D eigenvalue weighted by Crippen LogP contribution is -2.59. The van der Waals surface area contributed by atoms with E-state index in [4.69, 9.17) is 5.11 Å². The van der Waals surface area contributed by atoms with Gasteiger partial charge in [0.1, 0.15) is 11.9 Å². The van der Waals surface area contributed by atoms with Crippen LogP contribution in [0.5, 0.6) is 0 Å². The van der Waals surface area contributed by atoms with Crippen LogP contribution in [0.3, 0.4) is 0 Å². The molecule has 3 N–H and O–H groups in total. The van der Waals surface area contributed by atoms with Crippen molar-refractivity contribution in [3.63, 3.8) is 0 Å². The van der Waals surface area contributed by atoms with E-state index in [2.05, 4.69) is 20.6 Å². The Bertz CT molecular complexity index is 546. The van der Waals surface area contributed by atoms with Crippen LogP contribution < -0.4 is 10.6 Å². The molecular weight excluding hydrogens is 340 g/mol. The summed E-state index contributed by atoms with van der Waals surface area (Å²) in [6.07, 6.45) is 8.19. The first-order valence-electron chi connectivity index (χ1n) is 6.51. The number of aromatic nitrogens is 2. The molecule has 0 fully saturated rings. The van der Waals surface area contributed by atoms with Gasteiger partial charge in [-0.05, 0) is 12.5 Å². The summed E-state index contributed by atoms with van der Waals surface area (Å²) in [5, 5.41) is 14.3. The number of carbonyl (C=O) groups is 3. The number of anilines is 1. The number of hydrogen-bond acceptors (Lipinski definition) is 8. The molecule has 1 aromatic heterocycles. The van der Waals surface area contributed by atoms with Crippen LogP contribution in [-0.2, 0) is 14.4 Å². The Morgan fingerprint density at radius 2 is 2.13 bits per heavy atom. The molecule has 0 aromatic carbocycles. The second kappa shape index (κ2) is 9.36. The molecule has 0 aliphatic carbocycles. The van der Waals surface area contributed by atoms with E-state index in [0.29, 0.717) is 6.29 Å². The standard InChI is InChI=1S/C13H18N4O4S2/c1-22-6-9(11(19)20)16-12(21)13(7-18,8-23-2)17-10-5-14-3-4-15-10/h3-5,7,9H,6,8H2,1-2H3,(H,15,17)(H,16,21)(H,19,20)/t9-,13-/m0/s1. The van der Waals surface area contributed by atoms with E-state index in [0.717, 1.165) is 0 Å². The fourth-order valence-corrected chi connectivity index (χ4v) is 3.01. The first-order valence-corrected chi connectivity index (χ1v) is 9.30. The number of aldehydes is 1. The number of carboxylic acids is 1. The zero-order valence-corrected chi connectivity index (χ0v) is 14.3. The Morgan fingerprint density at radius 1 is 1.39 bits per heavy atom. The SMILES string of the molecule is CSC[C@H](NC(=O)[C@](C=O)(CSC)Nc1cnccn1)C(=O)O. The average Bonchev–Trinajstić information content (AvgIpc) is 2.54. The van der Waals surface area contributed by atoms with Crippen molar-refractivity contribution in [3.8, 4) is 0 Å². The molecule has 10 heteroatoms. The number of thioether (sulfide) groups is 2. The maximum Gasteiger partial charge on any atom is 0.327 e. The van der Waals surface area contributed by atoms with Crippen LogP contribution in [0.25, 0.3) is 0 Å². The van der Waals surface area contributed by atoms with Crippen LogP contribution in [0, 0.1) is 0 Å². The highest BCUT2D eigenvalue weighted by molar-refractivity contribution is 7.98. The van der Waals surface area contributed by atoms with Gasteiger partial charge in [0, 0.05) is 23.9 Å². The number of carboxylic acid groups (broad SMARTS) is 1. The molecule has 2 atom stereocenters. The van der Waals surface area contributed by atoms with Gasteiger partial charge in [-0.25, -0.2) is 9.78 Å². The molecule has 1 heterocycles. The Labute approximate surface area is 142 Å². The lowest BCUT2D eigenvalue weighted by molar-refractivity contribution is -0.142. The minimum absolute atomic E-state index is 0.116. The third-order valence-corrected chi connectivity index (χ3v) is 4.24. The molecule has 0 unspecified atom stereocenters. The van der Waals surface area contributed by atoms with Crippen LogP contribution in [0.1, 0.15) is 0 Å². The minimum atomic E-state index is -1.62. The van der Waals surface area contributed by atoms with Gasteiger partial charge in [0.05, 0.1) is 6.20 Å². The highest BCUT2D eigenvalue weighted by atomic mass is 32.2. The van der Waals surface area contributed by atoms with Gasteiger partial charge in [-0.1, -0.05) is 0 Å². The quantitative estimate of drug-likeness (QED) is 0.395. The molecule has 0 bridgehead atoms. The summed E-state index contributed by atoms with van der Waals surface area (Å²) in [5.74, 6) is -1.31. The predicted octanol–water partition coefficient (Wildman–Crippen LogP) is 0.122. The van der Waals surface area contributed by atoms with Gasteiger partial charge >= 0.3 is 5.97 Å². The Hall–Kier alpha value is -1.81. The maximum absolute atomic E-state index is 12.5. The maximum atomic E-state index is 12.5. The van der Waals surface area contributed by atoms with Crippen molar-refractivity contribution in [1.82, 2.24) is 15.3 Å². The summed E-state index contributed by atoms with van der Waals surface area (Å²) in [6, 6.07) is -1.08. The lowest BCUT2D eigenvalue weighted by atomic mass is 10.0. The van der Waals surface area contributed by atoms with Gasteiger partial charge in [0.25, 0.3) is 5.91 Å². The molecule has 1 rings (SSSR count). The van der Waals surface area contributed by atoms with Gasteiger partial charge < -0.3 is 20.5 Å². The van der Waals surface area contributed by atoms with Crippen LogP contribution in [0.2, 0.25) is 0 Å². The normalized spacial score (nSPS) is 14.3. The van der Waals surface area contributed by atoms with Crippen LogP contribution in [0.4, 0.5) is 5.82 Å². The number of amides is 1. The van der Waals surface area contributed by atoms with Crippen molar-refractivity contribution in [2.45, 2.75) is 11.6 Å². The number of hydrogen-bond donors (Lipinski definition) is 3. The van der Waals surface area contributed by atoms with E-state index in [1.54, 1.807) is 12.5 Å². The molecule has 0 saturated carbocycles. The lowest BCUT2D eigenvalue weighted by Gasteiger charge is -2.29. The van der Waals surface area contributed by atoms with E-state index in [-0.39, 0.29) is 17.3 Å². The van der Waals surface area contributed by atoms with Crippen molar-refractivity contribution in [1.29, 1.82) is 0 Å². The fraction of sp³-hybridized carbons (Fsp3) is 0.462. The van der Waals surface area contributed by atoms with Crippen molar-refractivity contribution in [2.75, 3.05) is 29.3 Å². The summed E-state index contributed by atoms with van der Waals surface area (Å²) in [4.78, 5) is 43.2. The third-order valence-electron chi connectivity index (χ3n) is 2.83. The Kier molecular flexibility index (Phi) is 7.83. The van der Waals surface area contributed by atoms with Crippen molar-refractivity contribution < 1.29 is 19.5 Å². The zero-order valence-electron chi connectivity index (χ0n) is 12.7. The predicted molar refractivity (Wildman–Crippen MR) is 90.8 cm³/mol. The Balaban J connectivity index is 3.01. The number of aliphatic carboxylic acids is 1. The second-order valence-electron chi connectivity index (χ2n) is 4.56. The van der Waals surface area contributed by atoms with Gasteiger partial charge in [-0.2, -0.15) is 23.5 Å². The second-order valence-corrected chi connectivity index (χ2v) is 6.33. The average molecular weight is 358 g/mol. The summed E-state index contributed by atoms with van der Waals surface area (Å²) >= 11 is 2.56. The molecule has 0 aliphatic heterocycles. The van der Waals surface area contributed by atoms with Crippen molar-refractivity contribution in [3.05, 3.63) is 18.6 Å². The molecule has 0 aliphatic rings. The highest BCUT2D eigenvalue weighted by Gasteiger charge is 2.40. The van der Waals surface area contributed by atoms with E-state index in [9.17, 15) is 14.4 Å². The summed E-state index contributed by atoms with van der Waals surface area (Å²) < 4.78 is 0. The summed E-state index contributed by atoms with van der Waals surface area (Å²) in [5.41, 5.74) is -1.62. The summed E-state index contributed by atoms with van der Waals surface area (Å²) in [7, 11) is 0. The first kappa shape index (κ1) is 19.2. The highest BCUT2D eigenvalue weighted by Crippen LogP contribution is 2.16. The van der Waals surface area contributed by atoms with Crippen molar-refractivity contribution >= 4 is 47.5 Å². The number of rotatable bonds is 10. The topological polar surface area (TPSA) is 121 Å². The van der Waals surface area contributed by atoms with Gasteiger partial charge in [-0.15, -0.1) is 0 Å². The smallest absolute Gasteiger partial charge is 0.327 e. The fourth-order valence-electron chi connectivity index (χ4n) is 1.72. The first-order chi connectivity index (χ1) is 11.0. The van der Waals surface area contributed by atoms with Gasteiger partial charge in [0.2, 0.25) is 0 Å². The molecule has 1 amide bonds. The Morgan fingerprint density at radius 3 is 2.61 bits per heavy atom. The number of nitrogens with zero attached hydrogens (tertiary/aromatic N) is 2. The largest absolute Gasteiger partial charge is 0.480 e. The number of carbonyl (C=O) groups excluding carboxylic acids is 2. The monoisotopic (exact) mass is 358 g/mol. The molecule has 0 saturated heterocycles. The van der Waals surface area contributed by atoms with E-state index < -0.39 is 23.5 Å². The molecule has 0 radical (unpaired) electrons. The van der Waals surface area contributed by atoms with E-state index in [1.807, 2.05) is 0 Å². The van der Waals surface area contributed by atoms with Crippen LogP contribution in [0.15, 0.2) is 18.6 Å². The van der Waals surface area contributed by atoms with E-state index >= 15 is 0 Å². The molecule has 126 valence electrons. The zero-order chi connectivity index (χ0) is 17.3. The minimum Gasteiger partial charge on any atom is -0.480 e. The molecule has 1 aromatic rings. The third kappa shape index (κ3) is 5.39. The molecule has 0 spiro atoms. The molecular formula is C13H18N4O4S2. The molecule has 23 heavy (non-hydrogen) atoms. The van der Waals surface area contributed by atoms with Gasteiger partial charge in [0.15, 0.2) is 11.8 Å². The summed E-state index contributed by atoms with van der Waals surface area (Å²) in [6.45, 7) is 0. The molecule has 8 nitrogen and oxygen atoms in total. The van der Waals surface area contributed by atoms with Gasteiger partial charge in [-0.3, -0.25) is 9.78 Å². The van der Waals surface area contributed by atoms with Crippen LogP contribution >= 0.6 is 23.5 Å². The number of nitrogens with one attached hydrogen (secondary N) is 2. The van der Waals surface area contributed by atoms with Crippen LogP contribution in [-0.4, -0.2) is 68.8 Å².